The average Bonchev–Trinajstić information content (AvgIpc) is 2.74. The second-order valence-electron chi connectivity index (χ2n) is 7.16. The van der Waals surface area contributed by atoms with E-state index in [1.54, 1.807) is 0 Å². The van der Waals surface area contributed by atoms with Crippen LogP contribution >= 0.6 is 0 Å². The van der Waals surface area contributed by atoms with Crippen LogP contribution in [0.5, 0.6) is 11.5 Å². The first-order valence-electron chi connectivity index (χ1n) is 9.74. The predicted molar refractivity (Wildman–Crippen MR) is 112 cm³/mol. The van der Waals surface area contributed by atoms with E-state index in [0.29, 0.717) is 11.1 Å². The molecule has 10 heteroatoms. The largest absolute Gasteiger partial charge is 0.508 e. The number of hydrogen-bond donors (Lipinski definition) is 6. The topological polar surface area (TPSA) is 173 Å². The summed E-state index contributed by atoms with van der Waals surface area (Å²) in [6, 6.07) is 9.28. The number of aliphatic carboxylic acids is 2. The number of nitrogens with one attached hydrogen (secondary N) is 2. The summed E-state index contributed by atoms with van der Waals surface area (Å²) in [6.45, 7) is 0. The number of phenolic OH excluding ortho intramolecular Hbond substituents is 2. The lowest BCUT2D eigenvalue weighted by molar-refractivity contribution is -0.142. The van der Waals surface area contributed by atoms with Gasteiger partial charge in [0.05, 0.1) is 0 Å². The van der Waals surface area contributed by atoms with Crippen LogP contribution in [0.25, 0.3) is 0 Å². The Hall–Kier alpha value is -4.08. The number of carboxylic acid groups (broad SMARTS) is 2. The van der Waals surface area contributed by atoms with Crippen molar-refractivity contribution in [2.45, 2.75) is 37.8 Å². The van der Waals surface area contributed by atoms with Crippen LogP contribution in [0.2, 0.25) is 0 Å². The quantitative estimate of drug-likeness (QED) is 0.295. The monoisotopic (exact) mass is 444 g/mol. The van der Waals surface area contributed by atoms with E-state index in [-0.39, 0.29) is 37.2 Å². The summed E-state index contributed by atoms with van der Waals surface area (Å²) < 4.78 is 0. The fourth-order valence-electron chi connectivity index (χ4n) is 2.90. The molecule has 0 saturated carbocycles. The minimum atomic E-state index is -1.25. The summed E-state index contributed by atoms with van der Waals surface area (Å²) in [4.78, 5) is 47.1. The summed E-state index contributed by atoms with van der Waals surface area (Å²) in [6.07, 6.45) is -0.671. The smallest absolute Gasteiger partial charge is 0.326 e. The molecule has 2 atom stereocenters. The molecule has 2 amide bonds. The van der Waals surface area contributed by atoms with Gasteiger partial charge in [0.2, 0.25) is 11.8 Å². The highest BCUT2D eigenvalue weighted by Crippen LogP contribution is 2.13. The lowest BCUT2D eigenvalue weighted by atomic mass is 10.0. The van der Waals surface area contributed by atoms with Gasteiger partial charge in [-0.25, -0.2) is 9.59 Å². The Balaban J connectivity index is 1.85. The number of rotatable bonds is 11. The van der Waals surface area contributed by atoms with Crippen LogP contribution in [-0.4, -0.2) is 56.3 Å². The summed E-state index contributed by atoms with van der Waals surface area (Å²) >= 11 is 0. The minimum absolute atomic E-state index is 0.0126. The van der Waals surface area contributed by atoms with Crippen molar-refractivity contribution in [1.29, 1.82) is 0 Å². The Morgan fingerprint density at radius 2 is 0.938 bits per heavy atom. The van der Waals surface area contributed by atoms with E-state index in [9.17, 15) is 39.6 Å². The molecular weight excluding hydrogens is 420 g/mol. The van der Waals surface area contributed by atoms with Crippen LogP contribution in [0.4, 0.5) is 0 Å². The number of phenols is 2. The number of amides is 2. The van der Waals surface area contributed by atoms with E-state index >= 15 is 0 Å². The van der Waals surface area contributed by atoms with Crippen LogP contribution in [0, 0.1) is 0 Å². The third kappa shape index (κ3) is 7.98. The van der Waals surface area contributed by atoms with Crippen molar-refractivity contribution >= 4 is 23.8 Å². The van der Waals surface area contributed by atoms with Crippen molar-refractivity contribution in [3.05, 3.63) is 59.7 Å². The van der Waals surface area contributed by atoms with E-state index in [1.165, 1.54) is 48.5 Å². The molecule has 0 saturated heterocycles. The maximum atomic E-state index is 12.1. The molecule has 0 aromatic heterocycles. The zero-order valence-corrected chi connectivity index (χ0v) is 17.0. The van der Waals surface area contributed by atoms with Gasteiger partial charge >= 0.3 is 11.9 Å². The summed E-state index contributed by atoms with van der Waals surface area (Å²) in [5, 5.41) is 41.9. The van der Waals surface area contributed by atoms with Crippen LogP contribution in [0.1, 0.15) is 24.0 Å². The molecule has 0 spiro atoms. The van der Waals surface area contributed by atoms with Gasteiger partial charge in [0.1, 0.15) is 23.6 Å². The van der Waals surface area contributed by atoms with Gasteiger partial charge in [-0.3, -0.25) is 9.59 Å². The fourth-order valence-corrected chi connectivity index (χ4v) is 2.90. The first kappa shape index (κ1) is 24.2. The normalized spacial score (nSPS) is 12.4. The van der Waals surface area contributed by atoms with Crippen LogP contribution in [0.15, 0.2) is 48.5 Å². The van der Waals surface area contributed by atoms with E-state index < -0.39 is 35.8 Å². The lowest BCUT2D eigenvalue weighted by Crippen LogP contribution is -2.44. The second-order valence-corrected chi connectivity index (χ2v) is 7.16. The third-order valence-electron chi connectivity index (χ3n) is 4.60. The van der Waals surface area contributed by atoms with Gasteiger partial charge < -0.3 is 31.1 Å². The minimum Gasteiger partial charge on any atom is -0.508 e. The summed E-state index contributed by atoms with van der Waals surface area (Å²) in [5.74, 6) is -3.79. The third-order valence-corrected chi connectivity index (χ3v) is 4.60. The van der Waals surface area contributed by atoms with Gasteiger partial charge in [0.15, 0.2) is 0 Å². The molecule has 32 heavy (non-hydrogen) atoms. The molecule has 0 unspecified atom stereocenters. The highest BCUT2D eigenvalue weighted by molar-refractivity contribution is 5.88. The first-order chi connectivity index (χ1) is 15.1. The molecule has 2 aromatic carbocycles. The van der Waals surface area contributed by atoms with Gasteiger partial charge in [0.25, 0.3) is 0 Å². The van der Waals surface area contributed by atoms with E-state index in [2.05, 4.69) is 10.6 Å². The molecule has 0 heterocycles. The molecule has 170 valence electrons. The van der Waals surface area contributed by atoms with E-state index in [0.717, 1.165) is 0 Å². The molecule has 6 N–H and O–H groups in total. The molecule has 0 radical (unpaired) electrons. The zero-order chi connectivity index (χ0) is 23.7. The van der Waals surface area contributed by atoms with Crippen LogP contribution in [0.3, 0.4) is 0 Å². The molecule has 0 fully saturated rings. The van der Waals surface area contributed by atoms with Gasteiger partial charge in [-0.1, -0.05) is 24.3 Å². The second kappa shape index (κ2) is 11.3. The lowest BCUT2D eigenvalue weighted by Gasteiger charge is -2.16. The van der Waals surface area contributed by atoms with E-state index in [1.807, 2.05) is 0 Å². The molecular formula is C22H24N2O8. The number of benzene rings is 2. The number of carbonyl (C=O) groups excluding carboxylic acids is 2. The highest BCUT2D eigenvalue weighted by Gasteiger charge is 2.23. The van der Waals surface area contributed by atoms with Crippen molar-refractivity contribution in [3.8, 4) is 11.5 Å². The Bertz CT molecular complexity index is 877. The number of carbonyl (C=O) groups is 4. The predicted octanol–water partition coefficient (Wildman–Crippen LogP) is 0.802. The van der Waals surface area contributed by atoms with Crippen molar-refractivity contribution in [3.63, 3.8) is 0 Å². The Labute approximate surface area is 183 Å². The van der Waals surface area contributed by atoms with Crippen molar-refractivity contribution in [2.75, 3.05) is 0 Å². The van der Waals surface area contributed by atoms with Crippen molar-refractivity contribution in [1.82, 2.24) is 10.6 Å². The van der Waals surface area contributed by atoms with Crippen molar-refractivity contribution in [2.24, 2.45) is 0 Å². The zero-order valence-electron chi connectivity index (χ0n) is 17.0. The maximum Gasteiger partial charge on any atom is 0.326 e. The molecule has 0 aliphatic carbocycles. The summed E-state index contributed by atoms with van der Waals surface area (Å²) in [5.41, 5.74) is 1.18. The number of hydrogen-bond acceptors (Lipinski definition) is 6. The standard InChI is InChI=1S/C22H24N2O8/c25-15-5-1-13(2-6-15)11-17(21(29)30)23-19(27)9-10-20(28)24-18(22(31)32)12-14-3-7-16(26)8-4-14/h1-8,17-18,25-26H,9-12H2,(H,23,27)(H,24,28)(H,29,30)(H,31,32)/t17-,18-/m0/s1. The number of aromatic hydroxyl groups is 2. The molecule has 2 rings (SSSR count). The molecule has 2 aromatic rings. The number of carboxylic acids is 2. The van der Waals surface area contributed by atoms with Crippen molar-refractivity contribution < 1.29 is 39.6 Å². The SMILES string of the molecule is O=C(CCC(=O)N[C@@H](Cc1ccc(O)cc1)C(=O)O)N[C@@H](Cc1ccc(O)cc1)C(=O)O. The first-order valence-corrected chi connectivity index (χ1v) is 9.74. The molecule has 0 bridgehead atoms. The summed E-state index contributed by atoms with van der Waals surface area (Å²) in [7, 11) is 0. The fraction of sp³-hybridized carbons (Fsp3) is 0.273. The maximum absolute atomic E-state index is 12.1. The Kier molecular flexibility index (Phi) is 8.58. The van der Waals surface area contributed by atoms with Crippen LogP contribution < -0.4 is 10.6 Å². The average molecular weight is 444 g/mol. The Morgan fingerprint density at radius 1 is 0.625 bits per heavy atom. The highest BCUT2D eigenvalue weighted by atomic mass is 16.4. The molecule has 10 nitrogen and oxygen atoms in total. The van der Waals surface area contributed by atoms with Gasteiger partial charge in [-0.15, -0.1) is 0 Å². The molecule has 0 aliphatic rings. The Morgan fingerprint density at radius 3 is 1.22 bits per heavy atom. The van der Waals surface area contributed by atoms with Gasteiger partial charge in [-0.2, -0.15) is 0 Å². The van der Waals surface area contributed by atoms with Gasteiger partial charge in [-0.05, 0) is 35.4 Å². The van der Waals surface area contributed by atoms with Crippen LogP contribution in [-0.2, 0) is 32.0 Å². The molecule has 0 aliphatic heterocycles. The van der Waals surface area contributed by atoms with E-state index in [4.69, 9.17) is 0 Å². The van der Waals surface area contributed by atoms with Gasteiger partial charge in [0, 0.05) is 25.7 Å².